The van der Waals surface area contributed by atoms with Gasteiger partial charge in [0.15, 0.2) is 0 Å². The molecule has 0 saturated heterocycles. The van der Waals surface area contributed by atoms with E-state index in [1.165, 1.54) is 0 Å². The molecule has 0 aromatic carbocycles. The van der Waals surface area contributed by atoms with E-state index in [2.05, 4.69) is 0 Å². The van der Waals surface area contributed by atoms with Gasteiger partial charge in [0, 0.05) is 0 Å². The molecule has 0 amide bonds. The summed E-state index contributed by atoms with van der Waals surface area (Å²) in [7, 11) is 0. The minimum atomic E-state index is -0.285. The quantitative estimate of drug-likeness (QED) is 0.394. The van der Waals surface area contributed by atoms with E-state index in [4.69, 9.17) is 10.5 Å². The van der Waals surface area contributed by atoms with Crippen LogP contribution in [0.1, 0.15) is 12.8 Å². The number of rotatable bonds is 2. The van der Waals surface area contributed by atoms with Gasteiger partial charge in [0.05, 0.1) is 6.54 Å². The molecule has 0 aromatic heterocycles. The van der Waals surface area contributed by atoms with E-state index in [0.717, 1.165) is 12.8 Å². The summed E-state index contributed by atoms with van der Waals surface area (Å²) >= 11 is 0. The fraction of sp³-hybridized carbons (Fsp3) is 0.800. The number of esters is 1. The average Bonchev–Trinajstić information content (AvgIpc) is 2.50. The first-order valence-corrected chi connectivity index (χ1v) is 2.72. The van der Waals surface area contributed by atoms with Gasteiger partial charge in [-0.3, -0.25) is 4.79 Å². The number of hydrogen-bond donors (Lipinski definition) is 1. The zero-order valence-corrected chi connectivity index (χ0v) is 4.59. The third-order valence-corrected chi connectivity index (χ3v) is 0.989. The summed E-state index contributed by atoms with van der Waals surface area (Å²) in [4.78, 5) is 10.3. The standard InChI is InChI=1S/C5H9NO2.Na.H/c6-3-5(7)8-4-1-2-4;;/h4H,1-3,6H2;;. The molecule has 0 spiro atoms. The number of carbonyl (C=O) groups excluding carboxylic acids is 1. The molecule has 1 saturated carbocycles. The molecular weight excluding hydrogens is 129 g/mol. The Balaban J connectivity index is 0.000000640. The summed E-state index contributed by atoms with van der Waals surface area (Å²) in [6.07, 6.45) is 2.24. The van der Waals surface area contributed by atoms with Crippen molar-refractivity contribution in [2.45, 2.75) is 18.9 Å². The van der Waals surface area contributed by atoms with Crippen molar-refractivity contribution < 1.29 is 9.53 Å². The molecule has 3 nitrogen and oxygen atoms in total. The molecule has 48 valence electrons. The summed E-state index contributed by atoms with van der Waals surface area (Å²) in [6.45, 7) is 0.0104. The fourth-order valence-corrected chi connectivity index (χ4v) is 0.420. The van der Waals surface area contributed by atoms with E-state index in [1.807, 2.05) is 0 Å². The molecule has 0 atom stereocenters. The van der Waals surface area contributed by atoms with Gasteiger partial charge in [0.2, 0.25) is 0 Å². The van der Waals surface area contributed by atoms with Gasteiger partial charge in [-0.15, -0.1) is 0 Å². The molecule has 0 radical (unpaired) electrons. The van der Waals surface area contributed by atoms with Gasteiger partial charge < -0.3 is 10.5 Å². The molecule has 0 aromatic rings. The summed E-state index contributed by atoms with van der Waals surface area (Å²) in [5.74, 6) is -0.285. The summed E-state index contributed by atoms with van der Waals surface area (Å²) in [6, 6.07) is 0. The van der Waals surface area contributed by atoms with Crippen LogP contribution in [0, 0.1) is 0 Å². The Morgan fingerprint density at radius 1 is 1.67 bits per heavy atom. The van der Waals surface area contributed by atoms with Crippen molar-refractivity contribution in [3.8, 4) is 0 Å². The molecule has 0 unspecified atom stereocenters. The van der Waals surface area contributed by atoms with Crippen LogP contribution in [0.3, 0.4) is 0 Å². The van der Waals surface area contributed by atoms with E-state index in [0.29, 0.717) is 0 Å². The van der Waals surface area contributed by atoms with Crippen LogP contribution >= 0.6 is 0 Å². The predicted molar refractivity (Wildman–Crippen MR) is 35.3 cm³/mol. The van der Waals surface area contributed by atoms with Gasteiger partial charge in [-0.2, -0.15) is 0 Å². The second-order valence-corrected chi connectivity index (χ2v) is 1.89. The molecule has 2 N–H and O–H groups in total. The first kappa shape index (κ1) is 9.43. The van der Waals surface area contributed by atoms with Crippen LogP contribution in [-0.2, 0) is 9.53 Å². The second-order valence-electron chi connectivity index (χ2n) is 1.89. The topological polar surface area (TPSA) is 52.3 Å². The summed E-state index contributed by atoms with van der Waals surface area (Å²) in [5, 5.41) is 0. The van der Waals surface area contributed by atoms with Crippen LogP contribution in [0.15, 0.2) is 0 Å². The Morgan fingerprint density at radius 2 is 2.22 bits per heavy atom. The van der Waals surface area contributed by atoms with Gasteiger partial charge in [-0.05, 0) is 12.8 Å². The SMILES string of the molecule is NCC(=O)OC1CC1.[NaH]. The van der Waals surface area contributed by atoms with Gasteiger partial charge in [0.25, 0.3) is 0 Å². The molecular formula is C5H10NNaO2. The Hall–Kier alpha value is 0.430. The van der Waals surface area contributed by atoms with E-state index in [9.17, 15) is 4.79 Å². The number of hydrogen-bond acceptors (Lipinski definition) is 3. The Bertz CT molecular complexity index is 103. The van der Waals surface area contributed by atoms with Crippen LogP contribution in [0.5, 0.6) is 0 Å². The van der Waals surface area contributed by atoms with Gasteiger partial charge in [0.1, 0.15) is 6.10 Å². The van der Waals surface area contributed by atoms with Crippen molar-refractivity contribution in [2.24, 2.45) is 5.73 Å². The minimum absolute atomic E-state index is 0. The number of carbonyl (C=O) groups is 1. The number of nitrogens with two attached hydrogens (primary N) is 1. The molecule has 1 aliphatic rings. The monoisotopic (exact) mass is 139 g/mol. The van der Waals surface area contributed by atoms with Crippen molar-refractivity contribution in [3.05, 3.63) is 0 Å². The third kappa shape index (κ3) is 3.92. The molecule has 1 aliphatic carbocycles. The molecule has 9 heavy (non-hydrogen) atoms. The zero-order valence-electron chi connectivity index (χ0n) is 4.59. The van der Waals surface area contributed by atoms with Crippen molar-refractivity contribution in [2.75, 3.05) is 6.54 Å². The molecule has 0 aliphatic heterocycles. The van der Waals surface area contributed by atoms with Crippen molar-refractivity contribution in [3.63, 3.8) is 0 Å². The van der Waals surface area contributed by atoms with E-state index in [-0.39, 0.29) is 48.2 Å². The van der Waals surface area contributed by atoms with Gasteiger partial charge in [-0.1, -0.05) is 0 Å². The van der Waals surface area contributed by atoms with Gasteiger partial charge in [-0.25, -0.2) is 0 Å². The normalized spacial score (nSPS) is 16.1. The molecule has 0 heterocycles. The first-order chi connectivity index (χ1) is 3.83. The van der Waals surface area contributed by atoms with Crippen LogP contribution in [-0.4, -0.2) is 48.2 Å². The van der Waals surface area contributed by atoms with Crippen molar-refractivity contribution in [1.82, 2.24) is 0 Å². The molecule has 0 bridgehead atoms. The maximum atomic E-state index is 10.3. The average molecular weight is 139 g/mol. The predicted octanol–water partition coefficient (Wildman–Crippen LogP) is -0.998. The van der Waals surface area contributed by atoms with Crippen molar-refractivity contribution in [1.29, 1.82) is 0 Å². The summed E-state index contributed by atoms with van der Waals surface area (Å²) < 4.78 is 4.75. The van der Waals surface area contributed by atoms with Crippen LogP contribution < -0.4 is 5.73 Å². The Morgan fingerprint density at radius 3 is 2.56 bits per heavy atom. The Kier molecular flexibility index (Phi) is 4.48. The van der Waals surface area contributed by atoms with Crippen LogP contribution in [0.4, 0.5) is 0 Å². The first-order valence-electron chi connectivity index (χ1n) is 2.72. The second kappa shape index (κ2) is 4.28. The molecule has 1 rings (SSSR count). The third-order valence-electron chi connectivity index (χ3n) is 0.989. The maximum absolute atomic E-state index is 10.3. The van der Waals surface area contributed by atoms with Crippen LogP contribution in [0.25, 0.3) is 0 Å². The van der Waals surface area contributed by atoms with E-state index >= 15 is 0 Å². The van der Waals surface area contributed by atoms with E-state index in [1.54, 1.807) is 0 Å². The summed E-state index contributed by atoms with van der Waals surface area (Å²) in [5.41, 5.74) is 4.97. The zero-order chi connectivity index (χ0) is 5.98. The number of ether oxygens (including phenoxy) is 1. The van der Waals surface area contributed by atoms with Gasteiger partial charge >= 0.3 is 35.5 Å². The van der Waals surface area contributed by atoms with Crippen molar-refractivity contribution >= 4 is 35.5 Å². The van der Waals surface area contributed by atoms with E-state index < -0.39 is 0 Å². The fourth-order valence-electron chi connectivity index (χ4n) is 0.420. The van der Waals surface area contributed by atoms with Crippen LogP contribution in [0.2, 0.25) is 0 Å². The Labute approximate surface area is 76.2 Å². The molecule has 4 heteroatoms. The molecule has 1 fully saturated rings.